The molecule has 9 nitrogen and oxygen atoms in total. The molecule has 3 heterocycles. The average Bonchev–Trinajstić information content (AvgIpc) is 3.18. The fourth-order valence-electron chi connectivity index (χ4n) is 4.04. The highest BCUT2D eigenvalue weighted by molar-refractivity contribution is 6.30. The van der Waals surface area contributed by atoms with Crippen molar-refractivity contribution < 1.29 is 18.8 Å². The van der Waals surface area contributed by atoms with E-state index in [2.05, 4.69) is 20.6 Å². The maximum Gasteiger partial charge on any atom is 0.294 e. The molecule has 1 fully saturated rings. The Kier molecular flexibility index (Phi) is 6.60. The molecule has 0 atom stereocenters. The standard InChI is InChI=1S/C23H24ClN5O4/c1-13(30)29(2)16-8-5-14(6-9-16)22(31)28-20-19-17(4-3-11-25-19)33-21(20)23(32)27-18-10-7-15(24)12-26-18/h3-4,7,10-12,14,16H,5-6,8-9H2,1-2H3,(H,28,31)(H,26,27,32). The number of furan rings is 1. The number of rotatable bonds is 5. The van der Waals surface area contributed by atoms with E-state index in [1.165, 1.54) is 6.20 Å². The second-order valence-electron chi connectivity index (χ2n) is 8.10. The van der Waals surface area contributed by atoms with E-state index < -0.39 is 5.91 Å². The number of hydrogen-bond donors (Lipinski definition) is 2. The highest BCUT2D eigenvalue weighted by Crippen LogP contribution is 2.33. The van der Waals surface area contributed by atoms with Crippen molar-refractivity contribution >= 4 is 51.9 Å². The number of aromatic nitrogens is 2. The molecule has 33 heavy (non-hydrogen) atoms. The molecular weight excluding hydrogens is 446 g/mol. The van der Waals surface area contributed by atoms with Gasteiger partial charge in [0.2, 0.25) is 17.6 Å². The maximum absolute atomic E-state index is 13.1. The van der Waals surface area contributed by atoms with Crippen LogP contribution in [0.2, 0.25) is 5.02 Å². The largest absolute Gasteiger partial charge is 0.447 e. The SMILES string of the molecule is CC(=O)N(C)C1CCC(C(=O)Nc2c(C(=O)Nc3ccc(Cl)cn3)oc3cccnc23)CC1. The summed E-state index contributed by atoms with van der Waals surface area (Å²) in [6, 6.07) is 6.67. The fourth-order valence-corrected chi connectivity index (χ4v) is 4.15. The third kappa shape index (κ3) is 4.98. The summed E-state index contributed by atoms with van der Waals surface area (Å²) in [6.07, 6.45) is 5.77. The van der Waals surface area contributed by atoms with Gasteiger partial charge in [0.25, 0.3) is 5.91 Å². The molecule has 3 aromatic heterocycles. The van der Waals surface area contributed by atoms with E-state index in [-0.39, 0.29) is 35.2 Å². The molecule has 0 spiro atoms. The van der Waals surface area contributed by atoms with Crippen LogP contribution in [0.25, 0.3) is 11.1 Å². The number of hydrogen-bond acceptors (Lipinski definition) is 6. The highest BCUT2D eigenvalue weighted by Gasteiger charge is 2.31. The summed E-state index contributed by atoms with van der Waals surface area (Å²) >= 11 is 5.85. The van der Waals surface area contributed by atoms with Crippen LogP contribution in [-0.4, -0.2) is 45.7 Å². The summed E-state index contributed by atoms with van der Waals surface area (Å²) < 4.78 is 5.73. The highest BCUT2D eigenvalue weighted by atomic mass is 35.5. The van der Waals surface area contributed by atoms with Gasteiger partial charge in [-0.05, 0) is 49.9 Å². The lowest BCUT2D eigenvalue weighted by molar-refractivity contribution is -0.130. The van der Waals surface area contributed by atoms with Crippen molar-refractivity contribution in [2.75, 3.05) is 17.7 Å². The zero-order valence-electron chi connectivity index (χ0n) is 18.3. The molecule has 0 aliphatic heterocycles. The van der Waals surface area contributed by atoms with Gasteiger partial charge in [-0.3, -0.25) is 19.4 Å². The first-order chi connectivity index (χ1) is 15.8. The van der Waals surface area contributed by atoms with Crippen molar-refractivity contribution in [3.63, 3.8) is 0 Å². The summed E-state index contributed by atoms with van der Waals surface area (Å²) in [5.41, 5.74) is 1.00. The second-order valence-corrected chi connectivity index (χ2v) is 8.53. The van der Waals surface area contributed by atoms with Crippen LogP contribution in [0.1, 0.15) is 43.2 Å². The number of fused-ring (bicyclic) bond motifs is 1. The molecule has 1 saturated carbocycles. The molecular formula is C23H24ClN5O4. The summed E-state index contributed by atoms with van der Waals surface area (Å²) in [5.74, 6) is -0.744. The molecule has 3 amide bonds. The molecule has 0 radical (unpaired) electrons. The number of anilines is 2. The monoisotopic (exact) mass is 469 g/mol. The fraction of sp³-hybridized carbons (Fsp3) is 0.348. The average molecular weight is 470 g/mol. The van der Waals surface area contributed by atoms with Crippen LogP contribution in [0.3, 0.4) is 0 Å². The Balaban J connectivity index is 1.52. The van der Waals surface area contributed by atoms with Crippen molar-refractivity contribution in [3.05, 3.63) is 47.4 Å². The first-order valence-corrected chi connectivity index (χ1v) is 11.1. The first kappa shape index (κ1) is 22.7. The molecule has 3 aromatic rings. The molecule has 4 rings (SSSR count). The Morgan fingerprint density at radius 2 is 1.85 bits per heavy atom. The minimum atomic E-state index is -0.565. The topological polar surface area (TPSA) is 117 Å². The number of pyridine rings is 2. The Bertz CT molecular complexity index is 1190. The predicted octanol–water partition coefficient (Wildman–Crippen LogP) is 4.10. The smallest absolute Gasteiger partial charge is 0.294 e. The van der Waals surface area contributed by atoms with Gasteiger partial charge in [-0.1, -0.05) is 11.6 Å². The van der Waals surface area contributed by atoms with Crippen LogP contribution < -0.4 is 10.6 Å². The van der Waals surface area contributed by atoms with Crippen molar-refractivity contribution in [2.45, 2.75) is 38.6 Å². The van der Waals surface area contributed by atoms with Crippen molar-refractivity contribution in [1.29, 1.82) is 0 Å². The molecule has 10 heteroatoms. The van der Waals surface area contributed by atoms with Gasteiger partial charge in [-0.15, -0.1) is 0 Å². The molecule has 0 saturated heterocycles. The van der Waals surface area contributed by atoms with Crippen molar-refractivity contribution in [1.82, 2.24) is 14.9 Å². The molecule has 1 aliphatic rings. The van der Waals surface area contributed by atoms with E-state index in [0.717, 1.165) is 12.8 Å². The summed E-state index contributed by atoms with van der Waals surface area (Å²) in [4.78, 5) is 47.7. The predicted molar refractivity (Wildman–Crippen MR) is 124 cm³/mol. The van der Waals surface area contributed by atoms with Crippen LogP contribution in [0.5, 0.6) is 0 Å². The molecule has 0 bridgehead atoms. The number of halogens is 1. The van der Waals surface area contributed by atoms with Gasteiger partial charge in [0.15, 0.2) is 5.58 Å². The lowest BCUT2D eigenvalue weighted by Crippen LogP contribution is -2.40. The van der Waals surface area contributed by atoms with Gasteiger partial charge in [0.05, 0.1) is 5.02 Å². The summed E-state index contributed by atoms with van der Waals surface area (Å²) in [7, 11) is 1.79. The molecule has 172 valence electrons. The van der Waals surface area contributed by atoms with E-state index in [1.807, 2.05) is 0 Å². The molecule has 0 aromatic carbocycles. The number of carbonyl (C=O) groups is 3. The van der Waals surface area contributed by atoms with Gasteiger partial charge in [-0.2, -0.15) is 0 Å². The van der Waals surface area contributed by atoms with Gasteiger partial charge in [-0.25, -0.2) is 4.98 Å². The minimum Gasteiger partial charge on any atom is -0.447 e. The third-order valence-corrected chi connectivity index (χ3v) is 6.21. The minimum absolute atomic E-state index is 0.0182. The zero-order chi connectivity index (χ0) is 23.5. The number of carbonyl (C=O) groups excluding carboxylic acids is 3. The van der Waals surface area contributed by atoms with Gasteiger partial charge < -0.3 is 20.0 Å². The van der Waals surface area contributed by atoms with Crippen LogP contribution in [0.4, 0.5) is 11.5 Å². The van der Waals surface area contributed by atoms with Crippen LogP contribution in [0.15, 0.2) is 41.1 Å². The quantitative estimate of drug-likeness (QED) is 0.580. The van der Waals surface area contributed by atoms with Crippen LogP contribution in [-0.2, 0) is 9.59 Å². The maximum atomic E-state index is 13.1. The summed E-state index contributed by atoms with van der Waals surface area (Å²) in [5, 5.41) is 5.96. The van der Waals surface area contributed by atoms with E-state index in [9.17, 15) is 14.4 Å². The first-order valence-electron chi connectivity index (χ1n) is 10.7. The molecule has 0 unspecified atom stereocenters. The lowest BCUT2D eigenvalue weighted by Gasteiger charge is -2.33. The van der Waals surface area contributed by atoms with E-state index in [1.54, 1.807) is 49.3 Å². The van der Waals surface area contributed by atoms with E-state index >= 15 is 0 Å². The van der Waals surface area contributed by atoms with Crippen LogP contribution in [0, 0.1) is 5.92 Å². The number of nitrogens with one attached hydrogen (secondary N) is 2. The lowest BCUT2D eigenvalue weighted by atomic mass is 9.85. The van der Waals surface area contributed by atoms with Gasteiger partial charge in [0, 0.05) is 38.3 Å². The Labute approximate surface area is 195 Å². The van der Waals surface area contributed by atoms with Crippen molar-refractivity contribution in [2.24, 2.45) is 5.92 Å². The molecule has 2 N–H and O–H groups in total. The van der Waals surface area contributed by atoms with Crippen molar-refractivity contribution in [3.8, 4) is 0 Å². The van der Waals surface area contributed by atoms with E-state index in [4.69, 9.17) is 16.0 Å². The summed E-state index contributed by atoms with van der Waals surface area (Å²) in [6.45, 7) is 1.54. The Morgan fingerprint density at radius 1 is 1.09 bits per heavy atom. The van der Waals surface area contributed by atoms with Gasteiger partial charge in [0.1, 0.15) is 17.0 Å². The van der Waals surface area contributed by atoms with E-state index in [0.29, 0.717) is 34.8 Å². The number of nitrogens with zero attached hydrogens (tertiary/aromatic N) is 3. The molecule has 1 aliphatic carbocycles. The number of amides is 3. The Morgan fingerprint density at radius 3 is 2.52 bits per heavy atom. The normalized spacial score (nSPS) is 18.0. The second kappa shape index (κ2) is 9.58. The van der Waals surface area contributed by atoms with Crippen LogP contribution >= 0.6 is 11.6 Å². The van der Waals surface area contributed by atoms with Gasteiger partial charge >= 0.3 is 0 Å². The third-order valence-electron chi connectivity index (χ3n) is 5.98. The Hall–Kier alpha value is -3.46. The zero-order valence-corrected chi connectivity index (χ0v) is 19.1.